The lowest BCUT2D eigenvalue weighted by molar-refractivity contribution is 0.0600. The Morgan fingerprint density at radius 3 is 2.29 bits per heavy atom. The van der Waals surface area contributed by atoms with E-state index >= 15 is 4.39 Å². The molecule has 45 heavy (non-hydrogen) atoms. The van der Waals surface area contributed by atoms with Crippen LogP contribution in [0, 0.1) is 5.82 Å². The number of esters is 1. The Morgan fingerprint density at radius 2 is 1.58 bits per heavy atom. The second-order valence-corrected chi connectivity index (χ2v) is 11.5. The Hall–Kier alpha value is -5.10. The lowest BCUT2D eigenvalue weighted by Crippen LogP contribution is -2.36. The summed E-state index contributed by atoms with van der Waals surface area (Å²) in [6.45, 7) is 2.05. The van der Waals surface area contributed by atoms with Crippen molar-refractivity contribution in [3.05, 3.63) is 131 Å². The summed E-state index contributed by atoms with van der Waals surface area (Å²) < 4.78 is 33.9. The summed E-state index contributed by atoms with van der Waals surface area (Å²) in [6.07, 6.45) is 7.33. The maximum absolute atomic E-state index is 15.8. The molecule has 0 saturated carbocycles. The fourth-order valence-electron chi connectivity index (χ4n) is 6.76. The molecular weight excluding hydrogens is 565 g/mol. The molecule has 0 aliphatic carbocycles. The van der Waals surface area contributed by atoms with Crippen molar-refractivity contribution < 1.29 is 23.4 Å². The number of hydrogen-bond acceptors (Lipinski definition) is 5. The molecule has 7 rings (SSSR count). The molecule has 5 aromatic carbocycles. The number of fused-ring (bicyclic) bond motifs is 3. The molecule has 2 aliphatic rings. The second-order valence-electron chi connectivity index (χ2n) is 11.5. The molecule has 1 fully saturated rings. The average molecular weight is 600 g/mol. The molecule has 5 nitrogen and oxygen atoms in total. The highest BCUT2D eigenvalue weighted by Gasteiger charge is 2.41. The number of rotatable bonds is 6. The van der Waals surface area contributed by atoms with Crippen molar-refractivity contribution in [1.82, 2.24) is 0 Å². The van der Waals surface area contributed by atoms with Gasteiger partial charge in [0.1, 0.15) is 17.3 Å². The standard InChI is InChI=1S/C39H34FNO4/c1-43-29-19-20-30-32(25-29)37-31(36(38(42)44-2)35(30)26-11-5-3-6-12-26)21-22-39(45-37,33-13-7-8-14-34(33)40)27-15-17-28(18-16-27)41-23-9-4-10-24-41/h3,5-8,11-22,25H,4,9-10,23-24H2,1-2H3. The monoisotopic (exact) mass is 599 g/mol. The summed E-state index contributed by atoms with van der Waals surface area (Å²) in [5, 5.41) is 1.53. The van der Waals surface area contributed by atoms with Gasteiger partial charge in [-0.2, -0.15) is 0 Å². The number of carbonyl (C=O) groups is 1. The first-order valence-electron chi connectivity index (χ1n) is 15.3. The van der Waals surface area contributed by atoms with Crippen LogP contribution in [-0.2, 0) is 10.3 Å². The number of halogens is 1. The highest BCUT2D eigenvalue weighted by Crippen LogP contribution is 2.50. The van der Waals surface area contributed by atoms with Crippen molar-refractivity contribution in [2.75, 3.05) is 32.2 Å². The van der Waals surface area contributed by atoms with Crippen LogP contribution in [0.4, 0.5) is 10.1 Å². The SMILES string of the molecule is COC(=O)c1c2c(c3cc(OC)ccc3c1-c1ccccc1)OC(c1ccc(N3CCCCC3)cc1)(c1ccccc1F)C=C2. The van der Waals surface area contributed by atoms with Gasteiger partial charge in [0.2, 0.25) is 0 Å². The molecule has 5 aromatic rings. The molecule has 226 valence electrons. The number of nitrogens with zero attached hydrogens (tertiary/aromatic N) is 1. The van der Waals surface area contributed by atoms with Crippen LogP contribution in [0.3, 0.4) is 0 Å². The molecule has 1 unspecified atom stereocenters. The summed E-state index contributed by atoms with van der Waals surface area (Å²) in [7, 11) is 2.99. The van der Waals surface area contributed by atoms with Gasteiger partial charge in [-0.25, -0.2) is 9.18 Å². The van der Waals surface area contributed by atoms with Crippen LogP contribution in [0.25, 0.3) is 28.0 Å². The quantitative estimate of drug-likeness (QED) is 0.183. The summed E-state index contributed by atoms with van der Waals surface area (Å²) in [5.41, 5.74) is 3.53. The van der Waals surface area contributed by atoms with E-state index in [1.807, 2.05) is 78.9 Å². The van der Waals surface area contributed by atoms with Gasteiger partial charge < -0.3 is 19.1 Å². The van der Waals surface area contributed by atoms with Crippen LogP contribution < -0.4 is 14.4 Å². The van der Waals surface area contributed by atoms with Crippen LogP contribution >= 0.6 is 0 Å². The van der Waals surface area contributed by atoms with Crippen molar-refractivity contribution in [3.63, 3.8) is 0 Å². The largest absolute Gasteiger partial charge is 0.497 e. The van der Waals surface area contributed by atoms with Gasteiger partial charge >= 0.3 is 5.97 Å². The number of anilines is 1. The molecular formula is C39H34FNO4. The Bertz CT molecular complexity index is 1910. The van der Waals surface area contributed by atoms with Gasteiger partial charge in [0.25, 0.3) is 0 Å². The second kappa shape index (κ2) is 11.8. The Kier molecular flexibility index (Phi) is 7.50. The zero-order valence-electron chi connectivity index (χ0n) is 25.4. The lowest BCUT2D eigenvalue weighted by atomic mass is 9.81. The zero-order chi connectivity index (χ0) is 31.0. The van der Waals surface area contributed by atoms with E-state index in [1.165, 1.54) is 32.4 Å². The van der Waals surface area contributed by atoms with Crippen molar-refractivity contribution in [3.8, 4) is 22.6 Å². The molecule has 0 amide bonds. The van der Waals surface area contributed by atoms with Gasteiger partial charge in [-0.05, 0) is 78.8 Å². The summed E-state index contributed by atoms with van der Waals surface area (Å²) in [6, 6.07) is 30.4. The van der Waals surface area contributed by atoms with Crippen LogP contribution in [0.2, 0.25) is 0 Å². The molecule has 1 saturated heterocycles. The van der Waals surface area contributed by atoms with Gasteiger partial charge in [0.15, 0.2) is 5.60 Å². The van der Waals surface area contributed by atoms with Crippen molar-refractivity contribution >= 4 is 28.5 Å². The molecule has 0 bridgehead atoms. The maximum atomic E-state index is 15.8. The number of hydrogen-bond donors (Lipinski definition) is 0. The highest BCUT2D eigenvalue weighted by atomic mass is 19.1. The topological polar surface area (TPSA) is 48.0 Å². The van der Waals surface area contributed by atoms with Crippen LogP contribution in [0.15, 0.2) is 103 Å². The van der Waals surface area contributed by atoms with Gasteiger partial charge in [0, 0.05) is 46.4 Å². The third-order valence-electron chi connectivity index (χ3n) is 9.00. The average Bonchev–Trinajstić information content (AvgIpc) is 3.11. The van der Waals surface area contributed by atoms with E-state index in [0.717, 1.165) is 46.2 Å². The highest BCUT2D eigenvalue weighted by molar-refractivity contribution is 6.14. The predicted octanol–water partition coefficient (Wildman–Crippen LogP) is 8.78. The van der Waals surface area contributed by atoms with E-state index in [9.17, 15) is 4.79 Å². The van der Waals surface area contributed by atoms with E-state index in [4.69, 9.17) is 14.2 Å². The molecule has 0 radical (unpaired) electrons. The normalized spacial score (nSPS) is 17.4. The molecule has 2 aliphatic heterocycles. The molecule has 0 spiro atoms. The number of carbonyl (C=O) groups excluding carboxylic acids is 1. The fraction of sp³-hybridized carbons (Fsp3) is 0.205. The Balaban J connectivity index is 1.50. The van der Waals surface area contributed by atoms with Gasteiger partial charge in [0.05, 0.1) is 19.8 Å². The van der Waals surface area contributed by atoms with Crippen LogP contribution in [-0.4, -0.2) is 33.3 Å². The maximum Gasteiger partial charge on any atom is 0.339 e. The van der Waals surface area contributed by atoms with Crippen LogP contribution in [0.1, 0.15) is 46.3 Å². The zero-order valence-corrected chi connectivity index (χ0v) is 25.4. The van der Waals surface area contributed by atoms with E-state index in [-0.39, 0.29) is 5.82 Å². The molecule has 1 atom stereocenters. The third-order valence-corrected chi connectivity index (χ3v) is 9.00. The first-order chi connectivity index (χ1) is 22.0. The lowest BCUT2D eigenvalue weighted by Gasteiger charge is -2.38. The summed E-state index contributed by atoms with van der Waals surface area (Å²) in [5.74, 6) is 0.215. The van der Waals surface area contributed by atoms with E-state index < -0.39 is 11.6 Å². The predicted molar refractivity (Wildman–Crippen MR) is 177 cm³/mol. The molecule has 0 N–H and O–H groups in total. The minimum Gasteiger partial charge on any atom is -0.497 e. The van der Waals surface area contributed by atoms with Crippen molar-refractivity contribution in [1.29, 1.82) is 0 Å². The minimum atomic E-state index is -1.31. The summed E-state index contributed by atoms with van der Waals surface area (Å²) in [4.78, 5) is 16.0. The molecule has 6 heteroatoms. The fourth-order valence-corrected chi connectivity index (χ4v) is 6.76. The third kappa shape index (κ3) is 4.91. The van der Waals surface area contributed by atoms with E-state index in [1.54, 1.807) is 19.2 Å². The van der Waals surface area contributed by atoms with Crippen molar-refractivity contribution in [2.45, 2.75) is 24.9 Å². The van der Waals surface area contributed by atoms with Crippen molar-refractivity contribution in [2.24, 2.45) is 0 Å². The van der Waals surface area contributed by atoms with Crippen LogP contribution in [0.5, 0.6) is 11.5 Å². The molecule has 2 heterocycles. The van der Waals surface area contributed by atoms with Gasteiger partial charge in [-0.1, -0.05) is 60.7 Å². The summed E-state index contributed by atoms with van der Waals surface area (Å²) >= 11 is 0. The smallest absolute Gasteiger partial charge is 0.339 e. The Labute approximate surface area is 262 Å². The first-order valence-corrected chi connectivity index (χ1v) is 15.3. The minimum absolute atomic E-state index is 0.375. The number of piperidine rings is 1. The Morgan fingerprint density at radius 1 is 0.844 bits per heavy atom. The van der Waals surface area contributed by atoms with E-state index in [2.05, 4.69) is 17.0 Å². The molecule has 0 aromatic heterocycles. The number of ether oxygens (including phenoxy) is 3. The number of benzene rings is 5. The first kappa shape index (κ1) is 28.7. The van der Waals surface area contributed by atoms with Gasteiger partial charge in [-0.3, -0.25) is 0 Å². The van der Waals surface area contributed by atoms with Gasteiger partial charge in [-0.15, -0.1) is 0 Å². The van der Waals surface area contributed by atoms with E-state index in [0.29, 0.717) is 28.2 Å². The number of methoxy groups -OCH3 is 2.